The van der Waals surface area contributed by atoms with Crippen LogP contribution in [0.1, 0.15) is 43.5 Å². The lowest BCUT2D eigenvalue weighted by Gasteiger charge is -2.33. The third-order valence-electron chi connectivity index (χ3n) is 5.19. The number of anilines is 1. The van der Waals surface area contributed by atoms with Crippen LogP contribution in [0.4, 0.5) is 15.8 Å². The Morgan fingerprint density at radius 3 is 2.62 bits per heavy atom. The molecule has 2 aliphatic rings. The number of halogens is 1. The fourth-order valence-electron chi connectivity index (χ4n) is 3.64. The van der Waals surface area contributed by atoms with Gasteiger partial charge in [0.05, 0.1) is 18.1 Å². The number of rotatable bonds is 5. The number of hydrogen-bond donors (Lipinski definition) is 0. The predicted molar refractivity (Wildman–Crippen MR) is 92.1 cm³/mol. The Hall–Kier alpha value is -2.71. The Balaban J connectivity index is 1.54. The van der Waals surface area contributed by atoms with Gasteiger partial charge in [0.2, 0.25) is 0 Å². The summed E-state index contributed by atoms with van der Waals surface area (Å²) in [6, 6.07) is 2.88. The van der Waals surface area contributed by atoms with E-state index in [1.165, 1.54) is 26.0 Å². The number of methoxy groups -OCH3 is 1. The van der Waals surface area contributed by atoms with E-state index < -0.39 is 10.7 Å². The van der Waals surface area contributed by atoms with Crippen LogP contribution in [0.15, 0.2) is 18.5 Å². The summed E-state index contributed by atoms with van der Waals surface area (Å²) in [6.07, 6.45) is 5.79. The lowest BCUT2D eigenvalue weighted by atomic mass is 9.95. The van der Waals surface area contributed by atoms with Crippen molar-refractivity contribution in [1.82, 2.24) is 14.8 Å². The van der Waals surface area contributed by atoms with Crippen LogP contribution in [0.5, 0.6) is 5.75 Å². The minimum Gasteiger partial charge on any atom is -0.494 e. The first kappa shape index (κ1) is 16.7. The summed E-state index contributed by atoms with van der Waals surface area (Å²) in [5, 5.41) is 19.7. The summed E-state index contributed by atoms with van der Waals surface area (Å²) in [5.41, 5.74) is 0.165. The van der Waals surface area contributed by atoms with Crippen LogP contribution in [-0.2, 0) is 0 Å². The summed E-state index contributed by atoms with van der Waals surface area (Å²) in [6.45, 7) is 1.27. The van der Waals surface area contributed by atoms with E-state index >= 15 is 0 Å². The van der Waals surface area contributed by atoms with E-state index in [4.69, 9.17) is 4.74 Å². The van der Waals surface area contributed by atoms with Crippen LogP contribution in [0, 0.1) is 15.9 Å². The normalized spacial score (nSPS) is 18.2. The van der Waals surface area contributed by atoms with E-state index in [2.05, 4.69) is 14.8 Å². The molecule has 1 aliphatic heterocycles. The number of nitro groups is 1. The van der Waals surface area contributed by atoms with Gasteiger partial charge in [0.1, 0.15) is 17.8 Å². The van der Waals surface area contributed by atoms with E-state index in [1.54, 1.807) is 6.33 Å². The second-order valence-corrected chi connectivity index (χ2v) is 6.82. The van der Waals surface area contributed by atoms with Gasteiger partial charge in [-0.3, -0.25) is 10.1 Å². The van der Waals surface area contributed by atoms with E-state index in [0.29, 0.717) is 24.8 Å². The zero-order chi connectivity index (χ0) is 18.3. The molecule has 4 rings (SSSR count). The molecule has 8 nitrogen and oxygen atoms in total. The van der Waals surface area contributed by atoms with Gasteiger partial charge in [-0.15, -0.1) is 10.2 Å². The molecule has 9 heteroatoms. The van der Waals surface area contributed by atoms with Crippen molar-refractivity contribution in [2.75, 3.05) is 25.1 Å². The summed E-state index contributed by atoms with van der Waals surface area (Å²) in [7, 11) is 1.35. The molecule has 138 valence electrons. The number of hydrogen-bond acceptors (Lipinski definition) is 6. The van der Waals surface area contributed by atoms with Gasteiger partial charge >= 0.3 is 0 Å². The Labute approximate surface area is 149 Å². The minimum atomic E-state index is -0.727. The molecule has 2 fully saturated rings. The van der Waals surface area contributed by atoms with E-state index in [-0.39, 0.29) is 17.4 Å². The van der Waals surface area contributed by atoms with Gasteiger partial charge in [-0.1, -0.05) is 0 Å². The average molecular weight is 361 g/mol. The molecule has 0 radical (unpaired) electrons. The Morgan fingerprint density at radius 2 is 2.00 bits per heavy atom. The Morgan fingerprint density at radius 1 is 1.27 bits per heavy atom. The van der Waals surface area contributed by atoms with Gasteiger partial charge in [-0.2, -0.15) is 0 Å². The average Bonchev–Trinajstić information content (AvgIpc) is 3.38. The third-order valence-corrected chi connectivity index (χ3v) is 5.19. The number of nitrogens with zero attached hydrogens (tertiary/aromatic N) is 5. The highest BCUT2D eigenvalue weighted by molar-refractivity contribution is 5.66. The number of piperidine rings is 1. The molecule has 1 aromatic carbocycles. The van der Waals surface area contributed by atoms with Gasteiger partial charge in [-0.25, -0.2) is 4.39 Å². The maximum Gasteiger partial charge on any atom is 0.295 e. The maximum atomic E-state index is 13.9. The van der Waals surface area contributed by atoms with Gasteiger partial charge in [0.15, 0.2) is 11.6 Å². The number of benzene rings is 1. The standard InChI is InChI=1S/C17H20FN5O3/c1-26-16-9-14(15(23(24)25)8-13(16)18)21-6-4-11(5-7-21)17-20-19-10-22(17)12-2-3-12/h8-12H,2-7H2,1H3. The number of aromatic nitrogens is 3. The molecule has 0 bridgehead atoms. The molecule has 1 saturated heterocycles. The molecule has 26 heavy (non-hydrogen) atoms. The van der Waals surface area contributed by atoms with Crippen LogP contribution in [0.2, 0.25) is 0 Å². The number of nitro benzene ring substituents is 1. The van der Waals surface area contributed by atoms with Crippen molar-refractivity contribution < 1.29 is 14.1 Å². The smallest absolute Gasteiger partial charge is 0.295 e. The Bertz CT molecular complexity index is 828. The van der Waals surface area contributed by atoms with Crippen molar-refractivity contribution in [3.05, 3.63) is 40.2 Å². The first-order valence-corrected chi connectivity index (χ1v) is 8.74. The summed E-state index contributed by atoms with van der Waals surface area (Å²) >= 11 is 0. The van der Waals surface area contributed by atoms with Crippen molar-refractivity contribution in [1.29, 1.82) is 0 Å². The van der Waals surface area contributed by atoms with E-state index in [9.17, 15) is 14.5 Å². The zero-order valence-corrected chi connectivity index (χ0v) is 14.5. The van der Waals surface area contributed by atoms with Crippen LogP contribution in [0.25, 0.3) is 0 Å². The molecule has 0 amide bonds. The molecular weight excluding hydrogens is 341 g/mol. The highest BCUT2D eigenvalue weighted by Gasteiger charge is 2.32. The maximum absolute atomic E-state index is 13.9. The lowest BCUT2D eigenvalue weighted by molar-refractivity contribution is -0.384. The molecule has 0 unspecified atom stereocenters. The van der Waals surface area contributed by atoms with Crippen molar-refractivity contribution >= 4 is 11.4 Å². The molecule has 2 aromatic rings. The predicted octanol–water partition coefficient (Wildman–Crippen LogP) is 3.05. The van der Waals surface area contributed by atoms with Gasteiger partial charge in [0.25, 0.3) is 5.69 Å². The van der Waals surface area contributed by atoms with Crippen molar-refractivity contribution in [2.24, 2.45) is 0 Å². The topological polar surface area (TPSA) is 86.3 Å². The zero-order valence-electron chi connectivity index (χ0n) is 14.5. The lowest BCUT2D eigenvalue weighted by Crippen LogP contribution is -2.34. The van der Waals surface area contributed by atoms with Crippen LogP contribution < -0.4 is 9.64 Å². The quantitative estimate of drug-likeness (QED) is 0.601. The molecule has 0 N–H and O–H groups in total. The second-order valence-electron chi connectivity index (χ2n) is 6.82. The second kappa shape index (κ2) is 6.54. The summed E-state index contributed by atoms with van der Waals surface area (Å²) < 4.78 is 21.0. The SMILES string of the molecule is COc1cc(N2CCC(c3nncn3C3CC3)CC2)c([N+](=O)[O-])cc1F. The van der Waals surface area contributed by atoms with E-state index in [1.807, 2.05) is 4.90 Å². The molecule has 0 atom stereocenters. The van der Waals surface area contributed by atoms with Crippen LogP contribution >= 0.6 is 0 Å². The molecule has 1 aromatic heterocycles. The monoisotopic (exact) mass is 361 g/mol. The van der Waals surface area contributed by atoms with Crippen molar-refractivity contribution in [2.45, 2.75) is 37.6 Å². The molecule has 0 spiro atoms. The van der Waals surface area contributed by atoms with Gasteiger partial charge in [-0.05, 0) is 25.7 Å². The van der Waals surface area contributed by atoms with Crippen molar-refractivity contribution in [3.63, 3.8) is 0 Å². The van der Waals surface area contributed by atoms with Crippen molar-refractivity contribution in [3.8, 4) is 5.75 Å². The Kier molecular flexibility index (Phi) is 4.21. The summed E-state index contributed by atoms with van der Waals surface area (Å²) in [5.74, 6) is 0.589. The fraction of sp³-hybridized carbons (Fsp3) is 0.529. The molecule has 1 aliphatic carbocycles. The van der Waals surface area contributed by atoms with Gasteiger partial charge in [0, 0.05) is 31.1 Å². The van der Waals surface area contributed by atoms with E-state index in [0.717, 1.165) is 24.7 Å². The van der Waals surface area contributed by atoms with Gasteiger partial charge < -0.3 is 14.2 Å². The minimum absolute atomic E-state index is 0.0150. The first-order chi connectivity index (χ1) is 12.6. The van der Waals surface area contributed by atoms with Crippen LogP contribution in [0.3, 0.4) is 0 Å². The highest BCUT2D eigenvalue weighted by atomic mass is 19.1. The third kappa shape index (κ3) is 2.97. The highest BCUT2D eigenvalue weighted by Crippen LogP contribution is 2.40. The fourth-order valence-corrected chi connectivity index (χ4v) is 3.64. The summed E-state index contributed by atoms with van der Waals surface area (Å²) in [4.78, 5) is 12.7. The molecule has 1 saturated carbocycles. The number of ether oxygens (including phenoxy) is 1. The largest absolute Gasteiger partial charge is 0.494 e. The first-order valence-electron chi connectivity index (χ1n) is 8.74. The molecule has 2 heterocycles. The van der Waals surface area contributed by atoms with Crippen LogP contribution in [-0.4, -0.2) is 39.9 Å². The molecular formula is C17H20FN5O3.